The number of amides is 2. The van der Waals surface area contributed by atoms with Crippen LogP contribution in [0.4, 0.5) is 0 Å². The van der Waals surface area contributed by atoms with Gasteiger partial charge in [-0.3, -0.25) is 19.0 Å². The molecule has 43 heavy (non-hydrogen) atoms. The number of likely N-dealkylation sites (N-methyl/N-ethyl adjacent to an activating group) is 1. The lowest BCUT2D eigenvalue weighted by Crippen LogP contribution is -2.52. The molecular formula is C36H47ClN2O3P+. The normalized spacial score (nSPS) is 28.3. The zero-order valence-corrected chi connectivity index (χ0v) is 28.2. The number of hydrogen-bond donors (Lipinski definition) is 1. The average molecular weight is 622 g/mol. The zero-order valence-electron chi connectivity index (χ0n) is 26.3. The fraction of sp³-hybridized carbons (Fsp3) is 0.500. The van der Waals surface area contributed by atoms with E-state index < -0.39 is 0 Å². The number of aliphatic hydroxyl groups is 1. The lowest BCUT2D eigenvalue weighted by Gasteiger charge is -2.42. The molecule has 6 unspecified atom stereocenters. The predicted octanol–water partition coefficient (Wildman–Crippen LogP) is 7.66. The van der Waals surface area contributed by atoms with Crippen LogP contribution in [0.15, 0.2) is 59.8 Å². The van der Waals surface area contributed by atoms with Crippen molar-refractivity contribution in [2.24, 2.45) is 17.8 Å². The molecular weight excluding hydrogens is 575 g/mol. The smallest absolute Gasteiger partial charge is 0.314 e. The van der Waals surface area contributed by atoms with Gasteiger partial charge in [-0.15, -0.1) is 9.24 Å². The number of imide groups is 1. The number of nitrogens with zero attached hydrogens (tertiary/aromatic N) is 2. The van der Waals surface area contributed by atoms with Crippen molar-refractivity contribution in [2.75, 3.05) is 20.2 Å². The highest BCUT2D eigenvalue weighted by atomic mass is 35.5. The summed E-state index contributed by atoms with van der Waals surface area (Å²) in [4.78, 5) is 30.4. The first-order chi connectivity index (χ1) is 20.5. The average Bonchev–Trinajstić information content (AvgIpc) is 3.08. The number of allylic oxidation sites excluding steroid dienone is 2. The Labute approximate surface area is 264 Å². The van der Waals surface area contributed by atoms with Crippen LogP contribution in [0.5, 0.6) is 0 Å². The van der Waals surface area contributed by atoms with Crippen molar-refractivity contribution in [1.29, 1.82) is 0 Å². The second-order valence-corrected chi connectivity index (χ2v) is 14.6. The van der Waals surface area contributed by atoms with E-state index in [1.165, 1.54) is 10.5 Å². The first kappa shape index (κ1) is 32.1. The lowest BCUT2D eigenvalue weighted by molar-refractivity contribution is -0.810. The Morgan fingerprint density at radius 1 is 1.19 bits per heavy atom. The molecule has 0 aromatic heterocycles. The molecule has 1 N–H and O–H groups in total. The molecule has 4 bridgehead atoms. The maximum absolute atomic E-state index is 15.0. The summed E-state index contributed by atoms with van der Waals surface area (Å²) in [5, 5.41) is 10.3. The topological polar surface area (TPSA) is 57.6 Å². The third-order valence-electron chi connectivity index (χ3n) is 10.0. The molecule has 0 saturated carbocycles. The summed E-state index contributed by atoms with van der Waals surface area (Å²) in [7, 11) is 5.28. The quantitative estimate of drug-likeness (QED) is 0.205. The van der Waals surface area contributed by atoms with Crippen molar-refractivity contribution in [3.63, 3.8) is 0 Å². The monoisotopic (exact) mass is 621 g/mol. The fourth-order valence-corrected chi connectivity index (χ4v) is 8.66. The SMILES string of the molecule is CCCC1(P)c2cccc(c2)C[N+]2(C)C(=CCC(C)C3=C2C(=O)N(CC(C)CO)C(=O)C(CC)CC3)c2ccc(Cl)c1c2. The number of carbonyl (C=O) groups excluding carboxylic acids is 2. The highest BCUT2D eigenvalue weighted by Crippen LogP contribution is 2.50. The molecule has 2 aromatic rings. The molecule has 6 atom stereocenters. The van der Waals surface area contributed by atoms with E-state index in [0.717, 1.165) is 65.1 Å². The molecule has 3 aliphatic heterocycles. The molecule has 2 amide bonds. The minimum absolute atomic E-state index is 0.0810. The summed E-state index contributed by atoms with van der Waals surface area (Å²) in [6, 6.07) is 15.1. The van der Waals surface area contributed by atoms with Crippen LogP contribution < -0.4 is 0 Å². The lowest BCUT2D eigenvalue weighted by atomic mass is 9.83. The Kier molecular flexibility index (Phi) is 9.41. The highest BCUT2D eigenvalue weighted by molar-refractivity contribution is 7.19. The number of aliphatic hydroxyl groups excluding tert-OH is 1. The summed E-state index contributed by atoms with van der Waals surface area (Å²) in [5.74, 6) is -0.589. The standard InChI is InChI=1S/C36H47ClN2O3P/c1-6-17-36(43)28-10-8-9-25(18-28)21-39(5)32(27-13-15-31(37)30(36)19-27)16-11-24(4)29-14-12-26(7-2)34(41)38(20-23(3)22-40)35(42)33(29)39/h8-10,13,15-16,18-19,23-24,26,40H,6-7,11-12,14,17,20-22,43H2,1-5H3/q+1. The maximum atomic E-state index is 15.0. The molecule has 3 heterocycles. The van der Waals surface area contributed by atoms with Gasteiger partial charge >= 0.3 is 5.91 Å². The maximum Gasteiger partial charge on any atom is 0.314 e. The minimum atomic E-state index is -0.337. The molecule has 0 spiro atoms. The van der Waals surface area contributed by atoms with Crippen molar-refractivity contribution in [3.8, 4) is 0 Å². The minimum Gasteiger partial charge on any atom is -0.396 e. The molecule has 5 rings (SSSR count). The second kappa shape index (κ2) is 12.6. The number of quaternary nitrogens is 1. The van der Waals surface area contributed by atoms with Gasteiger partial charge in [0.2, 0.25) is 11.6 Å². The molecule has 230 valence electrons. The van der Waals surface area contributed by atoms with E-state index in [-0.39, 0.29) is 52.4 Å². The van der Waals surface area contributed by atoms with Crippen LogP contribution >= 0.6 is 20.8 Å². The number of hydrogen-bond acceptors (Lipinski definition) is 3. The molecule has 0 fully saturated rings. The molecule has 0 aliphatic carbocycles. The van der Waals surface area contributed by atoms with Gasteiger partial charge in [0.15, 0.2) is 0 Å². The number of fused-ring (bicyclic) bond motifs is 7. The van der Waals surface area contributed by atoms with Gasteiger partial charge < -0.3 is 5.11 Å². The third-order valence-corrected chi connectivity index (χ3v) is 11.3. The molecule has 0 saturated heterocycles. The largest absolute Gasteiger partial charge is 0.396 e. The van der Waals surface area contributed by atoms with E-state index in [0.29, 0.717) is 18.7 Å². The number of halogens is 1. The first-order valence-corrected chi connectivity index (χ1v) is 16.9. The molecule has 5 nitrogen and oxygen atoms in total. The van der Waals surface area contributed by atoms with Crippen molar-refractivity contribution < 1.29 is 19.2 Å². The van der Waals surface area contributed by atoms with Gasteiger partial charge in [-0.1, -0.05) is 63.9 Å². The van der Waals surface area contributed by atoms with Gasteiger partial charge in [0.05, 0.1) is 7.05 Å². The summed E-state index contributed by atoms with van der Waals surface area (Å²) >= 11 is 6.98. The Morgan fingerprint density at radius 2 is 1.95 bits per heavy atom. The van der Waals surface area contributed by atoms with E-state index in [9.17, 15) is 14.7 Å². The van der Waals surface area contributed by atoms with Gasteiger partial charge in [-0.25, -0.2) is 0 Å². The first-order valence-electron chi connectivity index (χ1n) is 15.9. The van der Waals surface area contributed by atoms with Crippen LogP contribution in [0.3, 0.4) is 0 Å². The number of benzene rings is 2. The van der Waals surface area contributed by atoms with Gasteiger partial charge in [0.1, 0.15) is 12.2 Å². The van der Waals surface area contributed by atoms with E-state index >= 15 is 0 Å². The van der Waals surface area contributed by atoms with Crippen molar-refractivity contribution in [2.45, 2.75) is 77.9 Å². The van der Waals surface area contributed by atoms with Gasteiger partial charge in [0.25, 0.3) is 0 Å². The van der Waals surface area contributed by atoms with Crippen LogP contribution in [0.2, 0.25) is 5.02 Å². The number of rotatable bonds is 6. The van der Waals surface area contributed by atoms with Crippen molar-refractivity contribution in [1.82, 2.24) is 4.90 Å². The second-order valence-electron chi connectivity index (χ2n) is 13.3. The van der Waals surface area contributed by atoms with Crippen LogP contribution in [0.25, 0.3) is 5.70 Å². The van der Waals surface area contributed by atoms with E-state index in [2.05, 4.69) is 72.6 Å². The van der Waals surface area contributed by atoms with Crippen molar-refractivity contribution in [3.05, 3.63) is 87.1 Å². The van der Waals surface area contributed by atoms with Crippen molar-refractivity contribution >= 4 is 38.4 Å². The van der Waals surface area contributed by atoms with Gasteiger partial charge in [0, 0.05) is 45.9 Å². The zero-order chi connectivity index (χ0) is 31.1. The Morgan fingerprint density at radius 3 is 2.65 bits per heavy atom. The molecule has 0 radical (unpaired) electrons. The van der Waals surface area contributed by atoms with E-state index in [1.807, 2.05) is 19.9 Å². The Hall–Kier alpha value is -2.30. The summed E-state index contributed by atoms with van der Waals surface area (Å²) in [5.41, 5.74) is 7.38. The predicted molar refractivity (Wildman–Crippen MR) is 178 cm³/mol. The Balaban J connectivity index is 1.80. The summed E-state index contributed by atoms with van der Waals surface area (Å²) in [6.45, 7) is 9.06. The van der Waals surface area contributed by atoms with Crippen LogP contribution in [0.1, 0.15) is 88.5 Å². The molecule has 2 aromatic carbocycles. The summed E-state index contributed by atoms with van der Waals surface area (Å²) < 4.78 is 0.273. The van der Waals surface area contributed by atoms with Gasteiger partial charge in [-0.2, -0.15) is 0 Å². The number of carbonyl (C=O) groups is 2. The Bertz CT molecular complexity index is 1480. The third kappa shape index (κ3) is 5.68. The fourth-order valence-electron chi connectivity index (χ4n) is 7.57. The molecule has 7 heteroatoms. The van der Waals surface area contributed by atoms with Gasteiger partial charge in [-0.05, 0) is 85.4 Å². The van der Waals surface area contributed by atoms with Crippen LogP contribution in [-0.2, 0) is 21.3 Å². The molecule has 3 aliphatic rings. The van der Waals surface area contributed by atoms with Crippen LogP contribution in [-0.4, -0.2) is 46.5 Å². The summed E-state index contributed by atoms with van der Waals surface area (Å²) in [6.07, 6.45) is 7.20. The van der Waals surface area contributed by atoms with E-state index in [4.69, 9.17) is 11.6 Å². The highest BCUT2D eigenvalue weighted by Gasteiger charge is 2.48. The van der Waals surface area contributed by atoms with Crippen LogP contribution in [0, 0.1) is 17.8 Å². The van der Waals surface area contributed by atoms with E-state index in [1.54, 1.807) is 0 Å².